The van der Waals surface area contributed by atoms with Crippen LogP contribution in [0.3, 0.4) is 0 Å². The second-order valence-corrected chi connectivity index (χ2v) is 19.1. The van der Waals surface area contributed by atoms with Gasteiger partial charge >= 0.3 is 0 Å². The van der Waals surface area contributed by atoms with E-state index in [0.29, 0.717) is 24.4 Å². The number of hydrogen-bond acceptors (Lipinski definition) is 11. The van der Waals surface area contributed by atoms with Crippen molar-refractivity contribution in [3.63, 3.8) is 0 Å². The molecule has 3 amide bonds. The third-order valence-corrected chi connectivity index (χ3v) is 13.3. The van der Waals surface area contributed by atoms with Gasteiger partial charge in [0.2, 0.25) is 17.7 Å². The summed E-state index contributed by atoms with van der Waals surface area (Å²) in [7, 11) is 0. The fraction of sp³-hybridized carbons (Fsp3) is 0.447. The van der Waals surface area contributed by atoms with Gasteiger partial charge in [-0.2, -0.15) is 0 Å². The highest BCUT2D eigenvalue weighted by Gasteiger charge is 2.44. The molecule has 1 saturated heterocycles. The second kappa shape index (κ2) is 21.1. The maximum atomic E-state index is 13.3. The summed E-state index contributed by atoms with van der Waals surface area (Å²) in [5, 5.41) is 26.2. The van der Waals surface area contributed by atoms with Crippen LogP contribution in [0.25, 0.3) is 15.4 Å². The molecule has 0 bridgehead atoms. The van der Waals surface area contributed by atoms with Crippen LogP contribution in [-0.2, 0) is 25.7 Å². The summed E-state index contributed by atoms with van der Waals surface area (Å²) in [6.45, 7) is 17.3. The first kappa shape index (κ1) is 50.6. The molecule has 0 spiro atoms. The van der Waals surface area contributed by atoms with Gasteiger partial charge in [-0.05, 0) is 61.9 Å². The number of thiophene rings is 1. The Morgan fingerprint density at radius 2 is 1.62 bits per heavy atom. The van der Waals surface area contributed by atoms with Gasteiger partial charge in [0.25, 0.3) is 0 Å². The van der Waals surface area contributed by atoms with Gasteiger partial charge in [0.05, 0.1) is 27.9 Å². The van der Waals surface area contributed by atoms with E-state index in [0.717, 1.165) is 55.2 Å². The number of thiazole rings is 1. The van der Waals surface area contributed by atoms with E-state index in [4.69, 9.17) is 16.6 Å². The van der Waals surface area contributed by atoms with Gasteiger partial charge in [-0.3, -0.25) is 28.7 Å². The molecule has 5 aromatic rings. The predicted molar refractivity (Wildman–Crippen MR) is 254 cm³/mol. The smallest absolute Gasteiger partial charge is 0.246 e. The highest BCUT2D eigenvalue weighted by atomic mass is 35.5. The number of carbonyl (C=O) groups excluding carboxylic acids is 4. The van der Waals surface area contributed by atoms with E-state index >= 15 is 0 Å². The zero-order valence-corrected chi connectivity index (χ0v) is 38.4. The Morgan fingerprint density at radius 1 is 0.968 bits per heavy atom. The largest absolute Gasteiger partial charge is 0.391 e. The fourth-order valence-electron chi connectivity index (χ4n) is 7.48. The van der Waals surface area contributed by atoms with Crippen molar-refractivity contribution in [2.45, 2.75) is 127 Å². The van der Waals surface area contributed by atoms with Crippen LogP contribution in [0.5, 0.6) is 0 Å². The molecule has 2 aromatic carbocycles. The number of nitrogens with one attached hydrogen (secondary N) is 2. The zero-order valence-electron chi connectivity index (χ0n) is 36.0. The van der Waals surface area contributed by atoms with Crippen LogP contribution in [0, 0.1) is 33.1 Å². The molecule has 4 atom stereocenters. The third-order valence-electron chi connectivity index (χ3n) is 10.9. The number of halogens is 1. The Balaban J connectivity index is 0.000000271. The maximum absolute atomic E-state index is 13.3. The standard InChI is InChI=1S/C24H32N4O4S.C21H21ClN4OS.2CH4/c1-14-20(33-13-26-14)17-8-6-16(7-9-17)11-25-22(31)19-10-18(30)12-28(19)23(32)21(24(3,4)5)27-15(2)29;1-5-16(27)10-17-20-25-24-13(4)26(20)21-18(11(2)12(3)28-21)19(23-17)14-6-8-15(22)9-7-14;;/h6-9,13,18-19,21,30H,10-12H2,1-5H3,(H,25,31)(H,27,29);6-9,17H,5,10H2,1-4H3;2*1H4/t18-,19+,21-;17-;;/m10../s1. The van der Waals surface area contributed by atoms with E-state index in [9.17, 15) is 24.3 Å². The Hall–Kier alpha value is -5.09. The number of carbonyl (C=O) groups is 4. The molecular formula is C47H61ClN8O5S2. The van der Waals surface area contributed by atoms with Crippen molar-refractivity contribution in [3.05, 3.63) is 104 Å². The lowest BCUT2D eigenvalue weighted by Crippen LogP contribution is -2.57. The van der Waals surface area contributed by atoms with E-state index in [-0.39, 0.29) is 57.4 Å². The number of nitrogens with zero attached hydrogens (tertiary/aromatic N) is 6. The number of aryl methyl sites for hydroxylation is 3. The molecule has 0 aliphatic carbocycles. The lowest BCUT2D eigenvalue weighted by molar-refractivity contribution is -0.143. The van der Waals surface area contributed by atoms with Crippen LogP contribution in [0.2, 0.25) is 5.02 Å². The summed E-state index contributed by atoms with van der Waals surface area (Å²) < 4.78 is 2.07. The van der Waals surface area contributed by atoms with Crippen LogP contribution in [0.1, 0.15) is 119 Å². The number of aliphatic hydroxyl groups is 1. The molecule has 338 valence electrons. The molecule has 3 N–H and O–H groups in total. The number of aliphatic hydroxyl groups excluding tert-OH is 1. The van der Waals surface area contributed by atoms with Gasteiger partial charge in [-0.25, -0.2) is 4.98 Å². The van der Waals surface area contributed by atoms with Crippen molar-refractivity contribution >= 4 is 63.5 Å². The molecule has 0 radical (unpaired) electrons. The summed E-state index contributed by atoms with van der Waals surface area (Å²) in [6.07, 6.45) is 0.177. The third kappa shape index (κ3) is 11.4. The average Bonchev–Trinajstić information content (AvgIpc) is 3.98. The van der Waals surface area contributed by atoms with E-state index in [2.05, 4.69) is 44.2 Å². The summed E-state index contributed by atoms with van der Waals surface area (Å²) in [5.41, 5.74) is 8.40. The van der Waals surface area contributed by atoms with E-state index in [1.807, 2.05) is 95.6 Å². The maximum Gasteiger partial charge on any atom is 0.246 e. The Labute approximate surface area is 384 Å². The summed E-state index contributed by atoms with van der Waals surface area (Å²) in [5.74, 6) is 0.691. The number of Topliss-reactive ketones (excluding diaryl/α,β-unsaturated/α-hetero) is 1. The fourth-order valence-corrected chi connectivity index (χ4v) is 9.63. The molecule has 7 rings (SSSR count). The summed E-state index contributed by atoms with van der Waals surface area (Å²) in [4.78, 5) is 63.3. The van der Waals surface area contributed by atoms with Crippen LogP contribution >= 0.6 is 34.3 Å². The minimum atomic E-state index is -0.793. The SMILES string of the molecule is C.C.CC(=O)N[C@H](C(=O)N1C[C@H](O)C[C@H]1C(=O)NCc1ccc(-c2scnc2C)cc1)C(C)(C)C.CCC(=O)C[C@@H]1N=C(c2ccc(Cl)cc2)c2c(sc(C)c2C)-n2c(C)nnc21. The van der Waals surface area contributed by atoms with Gasteiger partial charge in [0.1, 0.15) is 34.7 Å². The first-order chi connectivity index (χ1) is 28.9. The number of fused-ring (bicyclic) bond motifs is 3. The van der Waals surface area contributed by atoms with Gasteiger partial charge in [0.15, 0.2) is 5.82 Å². The summed E-state index contributed by atoms with van der Waals surface area (Å²) in [6, 6.07) is 13.7. The Kier molecular flexibility index (Phi) is 16.9. The number of hydrogen-bond donors (Lipinski definition) is 3. The quantitative estimate of drug-likeness (QED) is 0.125. The molecule has 16 heteroatoms. The van der Waals surface area contributed by atoms with E-state index in [1.54, 1.807) is 22.7 Å². The zero-order chi connectivity index (χ0) is 44.3. The first-order valence-corrected chi connectivity index (χ1v) is 22.4. The predicted octanol–water partition coefficient (Wildman–Crippen LogP) is 8.69. The number of aliphatic imine (C=N–C) groups is 1. The minimum Gasteiger partial charge on any atom is -0.391 e. The molecule has 2 aliphatic rings. The number of ketones is 1. The highest BCUT2D eigenvalue weighted by molar-refractivity contribution is 7.15. The van der Waals surface area contributed by atoms with Crippen LogP contribution in [0.15, 0.2) is 59.0 Å². The number of amides is 3. The molecular weight excluding hydrogens is 856 g/mol. The Bertz CT molecular complexity index is 2450. The van der Waals surface area contributed by atoms with Crippen molar-refractivity contribution in [1.82, 2.24) is 35.3 Å². The first-order valence-electron chi connectivity index (χ1n) is 20.3. The summed E-state index contributed by atoms with van der Waals surface area (Å²) >= 11 is 9.40. The van der Waals surface area contributed by atoms with E-state index in [1.165, 1.54) is 22.3 Å². The topological polar surface area (TPSA) is 172 Å². The lowest BCUT2D eigenvalue weighted by atomic mass is 9.85. The van der Waals surface area contributed by atoms with Crippen molar-refractivity contribution in [3.8, 4) is 15.4 Å². The van der Waals surface area contributed by atoms with Crippen LogP contribution < -0.4 is 10.6 Å². The molecule has 63 heavy (non-hydrogen) atoms. The van der Waals surface area contributed by atoms with Gasteiger partial charge in [-0.1, -0.05) is 90.5 Å². The average molecular weight is 918 g/mol. The number of rotatable bonds is 10. The van der Waals surface area contributed by atoms with Crippen molar-refractivity contribution in [1.29, 1.82) is 0 Å². The minimum absolute atomic E-state index is 0. The number of aromatic nitrogens is 4. The lowest BCUT2D eigenvalue weighted by Gasteiger charge is -2.35. The van der Waals surface area contributed by atoms with Crippen LogP contribution in [0.4, 0.5) is 0 Å². The normalized spacial score (nSPS) is 17.0. The second-order valence-electron chi connectivity index (χ2n) is 16.6. The van der Waals surface area contributed by atoms with Crippen LogP contribution in [-0.4, -0.2) is 83.7 Å². The highest BCUT2D eigenvalue weighted by Crippen LogP contribution is 2.40. The molecule has 1 fully saturated rings. The molecule has 13 nitrogen and oxygen atoms in total. The van der Waals surface area contributed by atoms with Crippen molar-refractivity contribution < 1.29 is 24.3 Å². The van der Waals surface area contributed by atoms with E-state index < -0.39 is 23.6 Å². The molecule has 0 unspecified atom stereocenters. The Morgan fingerprint density at radius 3 is 2.21 bits per heavy atom. The number of β-amino-alcohol motifs (C(OH)–C–C–N with tert-alkyl or cyclic N) is 1. The van der Waals surface area contributed by atoms with Crippen molar-refractivity contribution in [2.75, 3.05) is 6.54 Å². The number of benzene rings is 2. The number of likely N-dealkylation sites (tertiary alicyclic amines) is 1. The van der Waals surface area contributed by atoms with Crippen molar-refractivity contribution in [2.24, 2.45) is 10.4 Å². The monoisotopic (exact) mass is 916 g/mol. The van der Waals surface area contributed by atoms with Gasteiger partial charge in [-0.15, -0.1) is 32.9 Å². The van der Waals surface area contributed by atoms with Gasteiger partial charge in [0, 0.05) is 60.3 Å². The van der Waals surface area contributed by atoms with Gasteiger partial charge < -0.3 is 20.6 Å². The molecule has 3 aromatic heterocycles. The molecule has 0 saturated carbocycles. The molecule has 2 aliphatic heterocycles. The molecule has 5 heterocycles.